The molecule has 1 N–H and O–H groups in total. The maximum absolute atomic E-state index is 13.8. The summed E-state index contributed by atoms with van der Waals surface area (Å²) in [7, 11) is 0. The fraction of sp³-hybridized carbons (Fsp3) is 0.0833. The molecule has 0 spiro atoms. The molecule has 0 saturated heterocycles. The van der Waals surface area contributed by atoms with Crippen molar-refractivity contribution in [3.8, 4) is 0 Å². The Balaban J connectivity index is 2.23. The first-order valence-corrected chi connectivity index (χ1v) is 5.68. The smallest absolute Gasteiger partial charge is 0.305 e. The minimum atomic E-state index is -1.52. The Bertz CT molecular complexity index is 694. The number of hydrogen-bond donors (Lipinski definition) is 1. The van der Waals surface area contributed by atoms with Gasteiger partial charge in [0.15, 0.2) is 0 Å². The van der Waals surface area contributed by atoms with Crippen molar-refractivity contribution in [2.45, 2.75) is 6.54 Å². The van der Waals surface area contributed by atoms with Gasteiger partial charge in [-0.1, -0.05) is 0 Å². The van der Waals surface area contributed by atoms with Gasteiger partial charge in [-0.3, -0.25) is 14.9 Å². The highest BCUT2D eigenvalue weighted by molar-refractivity contribution is 5.95. The third-order valence-corrected chi connectivity index (χ3v) is 2.55. The van der Waals surface area contributed by atoms with Crippen molar-refractivity contribution >= 4 is 11.6 Å². The summed E-state index contributed by atoms with van der Waals surface area (Å²) in [4.78, 5) is 21.3. The number of nitrogens with zero attached hydrogens (tertiary/aromatic N) is 3. The summed E-state index contributed by atoms with van der Waals surface area (Å²) >= 11 is 0. The number of aromatic nitrogens is 2. The normalized spacial score (nSPS) is 10.2. The molecule has 0 aliphatic heterocycles. The first-order valence-electron chi connectivity index (χ1n) is 5.68. The lowest BCUT2D eigenvalue weighted by Gasteiger charge is -2.06. The molecule has 0 aliphatic carbocycles. The predicted octanol–water partition coefficient (Wildman–Crippen LogP) is 1.59. The second kappa shape index (κ2) is 5.99. The van der Waals surface area contributed by atoms with E-state index in [4.69, 9.17) is 0 Å². The van der Waals surface area contributed by atoms with Gasteiger partial charge >= 0.3 is 5.69 Å². The predicted molar refractivity (Wildman–Crippen MR) is 66.2 cm³/mol. The molecule has 1 heterocycles. The van der Waals surface area contributed by atoms with Crippen LogP contribution in [-0.2, 0) is 6.54 Å². The van der Waals surface area contributed by atoms with Crippen molar-refractivity contribution in [3.63, 3.8) is 0 Å². The molecule has 0 unspecified atom stereocenters. The molecule has 21 heavy (non-hydrogen) atoms. The van der Waals surface area contributed by atoms with Crippen LogP contribution in [0.25, 0.3) is 0 Å². The summed E-state index contributed by atoms with van der Waals surface area (Å²) < 4.78 is 27.3. The van der Waals surface area contributed by atoms with Crippen molar-refractivity contribution in [3.05, 3.63) is 63.5 Å². The molecule has 0 atom stereocenters. The van der Waals surface area contributed by atoms with Gasteiger partial charge in [0.2, 0.25) is 5.82 Å². The van der Waals surface area contributed by atoms with Crippen LogP contribution >= 0.6 is 0 Å². The average molecular weight is 294 g/mol. The van der Waals surface area contributed by atoms with Crippen LogP contribution in [0.15, 0.2) is 30.5 Å². The summed E-state index contributed by atoms with van der Waals surface area (Å²) in [6, 6.07) is 4.44. The summed E-state index contributed by atoms with van der Waals surface area (Å²) in [6.07, 6.45) is 1.42. The highest BCUT2D eigenvalue weighted by Crippen LogP contribution is 2.22. The molecule has 0 fully saturated rings. The van der Waals surface area contributed by atoms with Gasteiger partial charge in [-0.15, -0.1) is 0 Å². The van der Waals surface area contributed by atoms with Crippen LogP contribution in [0, 0.1) is 21.7 Å². The highest BCUT2D eigenvalue weighted by atomic mass is 19.1. The first-order chi connectivity index (χ1) is 10.0. The zero-order valence-electron chi connectivity index (χ0n) is 10.4. The number of carbonyl (C=O) groups excluding carboxylic acids is 1. The Morgan fingerprint density at radius 1 is 1.33 bits per heavy atom. The standard InChI is InChI=1S/C12H8F2N4O3/c13-8-3-4-9(18(20)21)11(14)10(8)12(19)15-6-7-2-1-5-16-17-7/h1-5H,6H2,(H,15,19). The topological polar surface area (TPSA) is 98.0 Å². The summed E-state index contributed by atoms with van der Waals surface area (Å²) in [5, 5.41) is 20.0. The maximum Gasteiger partial charge on any atom is 0.305 e. The molecule has 0 bridgehead atoms. The summed E-state index contributed by atoms with van der Waals surface area (Å²) in [6.45, 7) is -0.117. The molecule has 2 aromatic rings. The van der Waals surface area contributed by atoms with E-state index in [-0.39, 0.29) is 6.54 Å². The molecule has 0 saturated carbocycles. The molecule has 1 amide bonds. The number of amides is 1. The first kappa shape index (κ1) is 14.4. The minimum Gasteiger partial charge on any atom is -0.346 e. The maximum atomic E-state index is 13.8. The average Bonchev–Trinajstić information content (AvgIpc) is 2.46. The second-order valence-electron chi connectivity index (χ2n) is 3.91. The highest BCUT2D eigenvalue weighted by Gasteiger charge is 2.26. The van der Waals surface area contributed by atoms with E-state index in [0.717, 1.165) is 0 Å². The van der Waals surface area contributed by atoms with Crippen LogP contribution in [0.1, 0.15) is 16.1 Å². The Labute approximate surface area is 116 Å². The molecular formula is C12H8F2N4O3. The number of hydrogen-bond acceptors (Lipinski definition) is 5. The molecule has 0 radical (unpaired) electrons. The van der Waals surface area contributed by atoms with E-state index >= 15 is 0 Å². The molecular weight excluding hydrogens is 286 g/mol. The van der Waals surface area contributed by atoms with Crippen molar-refractivity contribution in [1.29, 1.82) is 0 Å². The lowest BCUT2D eigenvalue weighted by molar-refractivity contribution is -0.387. The quantitative estimate of drug-likeness (QED) is 0.682. The van der Waals surface area contributed by atoms with E-state index in [1.807, 2.05) is 0 Å². The Kier molecular flexibility index (Phi) is 4.12. The third-order valence-electron chi connectivity index (χ3n) is 2.55. The van der Waals surface area contributed by atoms with E-state index < -0.39 is 33.7 Å². The number of rotatable bonds is 4. The van der Waals surface area contributed by atoms with E-state index in [0.29, 0.717) is 17.8 Å². The zero-order chi connectivity index (χ0) is 15.4. The third kappa shape index (κ3) is 3.14. The second-order valence-corrected chi connectivity index (χ2v) is 3.91. The summed E-state index contributed by atoms with van der Waals surface area (Å²) in [5.41, 5.74) is -1.61. The van der Waals surface area contributed by atoms with Gasteiger partial charge < -0.3 is 5.32 Å². The van der Waals surface area contributed by atoms with Crippen LogP contribution in [0.5, 0.6) is 0 Å². The molecule has 9 heteroatoms. The lowest BCUT2D eigenvalue weighted by atomic mass is 10.1. The number of carbonyl (C=O) groups is 1. The van der Waals surface area contributed by atoms with E-state index in [1.54, 1.807) is 12.1 Å². The van der Waals surface area contributed by atoms with Crippen LogP contribution in [0.2, 0.25) is 0 Å². The van der Waals surface area contributed by atoms with Crippen molar-refractivity contribution in [2.75, 3.05) is 0 Å². The fourth-order valence-corrected chi connectivity index (χ4v) is 1.58. The van der Waals surface area contributed by atoms with Crippen molar-refractivity contribution in [2.24, 2.45) is 0 Å². The Hall–Kier alpha value is -2.97. The van der Waals surface area contributed by atoms with E-state index in [1.165, 1.54) is 6.20 Å². The fourth-order valence-electron chi connectivity index (χ4n) is 1.58. The Morgan fingerprint density at radius 2 is 2.10 bits per heavy atom. The molecule has 0 aliphatic rings. The minimum absolute atomic E-state index is 0.117. The monoisotopic (exact) mass is 294 g/mol. The van der Waals surface area contributed by atoms with Gasteiger partial charge in [0.05, 0.1) is 17.2 Å². The van der Waals surface area contributed by atoms with Gasteiger partial charge in [-0.2, -0.15) is 14.6 Å². The van der Waals surface area contributed by atoms with Gasteiger partial charge in [0.25, 0.3) is 5.91 Å². The number of benzene rings is 1. The van der Waals surface area contributed by atoms with E-state index in [9.17, 15) is 23.7 Å². The largest absolute Gasteiger partial charge is 0.346 e. The van der Waals surface area contributed by atoms with Crippen LogP contribution in [-0.4, -0.2) is 21.0 Å². The van der Waals surface area contributed by atoms with Gasteiger partial charge in [0.1, 0.15) is 11.4 Å². The number of nitro benzene ring substituents is 1. The molecule has 2 rings (SSSR count). The molecule has 7 nitrogen and oxygen atoms in total. The molecule has 108 valence electrons. The van der Waals surface area contributed by atoms with Crippen molar-refractivity contribution in [1.82, 2.24) is 15.5 Å². The van der Waals surface area contributed by atoms with Crippen LogP contribution in [0.4, 0.5) is 14.5 Å². The van der Waals surface area contributed by atoms with Gasteiger partial charge in [0, 0.05) is 12.3 Å². The SMILES string of the molecule is O=C(NCc1cccnn1)c1c(F)ccc([N+](=O)[O-])c1F. The van der Waals surface area contributed by atoms with Gasteiger partial charge in [-0.25, -0.2) is 4.39 Å². The molecule has 1 aromatic carbocycles. The Morgan fingerprint density at radius 3 is 2.71 bits per heavy atom. The number of nitrogens with one attached hydrogen (secondary N) is 1. The number of halogens is 2. The number of nitro groups is 1. The van der Waals surface area contributed by atoms with Crippen molar-refractivity contribution < 1.29 is 18.5 Å². The lowest BCUT2D eigenvalue weighted by Crippen LogP contribution is -2.26. The van der Waals surface area contributed by atoms with Gasteiger partial charge in [-0.05, 0) is 18.2 Å². The van der Waals surface area contributed by atoms with Crippen LogP contribution in [0.3, 0.4) is 0 Å². The molecule has 1 aromatic heterocycles. The van der Waals surface area contributed by atoms with E-state index in [2.05, 4.69) is 15.5 Å². The zero-order valence-corrected chi connectivity index (χ0v) is 10.4. The van der Waals surface area contributed by atoms with Crippen LogP contribution < -0.4 is 5.32 Å². The summed E-state index contributed by atoms with van der Waals surface area (Å²) in [5.74, 6) is -3.81.